The Balaban J connectivity index is 1.71. The lowest BCUT2D eigenvalue weighted by molar-refractivity contribution is -0.117. The van der Waals surface area contributed by atoms with Gasteiger partial charge >= 0.3 is 0 Å². The van der Waals surface area contributed by atoms with E-state index in [1.165, 1.54) is 0 Å². The van der Waals surface area contributed by atoms with E-state index in [0.29, 0.717) is 11.1 Å². The van der Waals surface area contributed by atoms with Gasteiger partial charge in [0.1, 0.15) is 12.4 Å². The van der Waals surface area contributed by atoms with Crippen LogP contribution >= 0.6 is 0 Å². The van der Waals surface area contributed by atoms with Gasteiger partial charge in [-0.1, -0.05) is 18.2 Å². The van der Waals surface area contributed by atoms with Crippen LogP contribution < -0.4 is 15.8 Å². The molecule has 7 heteroatoms. The zero-order chi connectivity index (χ0) is 18.5. The predicted octanol–water partition coefficient (Wildman–Crippen LogP) is 2.28. The molecule has 1 N–H and O–H groups in total. The van der Waals surface area contributed by atoms with E-state index in [4.69, 9.17) is 0 Å². The SMILES string of the molecule is CCN(CC)c1ccc(NC(=O)Cn2ncc3ccccc3c2=O)cn1. The van der Waals surface area contributed by atoms with Crippen molar-refractivity contribution >= 4 is 28.2 Å². The minimum Gasteiger partial charge on any atom is -0.357 e. The molecule has 1 aromatic carbocycles. The van der Waals surface area contributed by atoms with Crippen molar-refractivity contribution in [2.45, 2.75) is 20.4 Å². The fraction of sp³-hybridized carbons (Fsp3) is 0.263. The molecule has 26 heavy (non-hydrogen) atoms. The van der Waals surface area contributed by atoms with Crippen molar-refractivity contribution in [3.8, 4) is 0 Å². The van der Waals surface area contributed by atoms with Gasteiger partial charge in [-0.3, -0.25) is 9.59 Å². The van der Waals surface area contributed by atoms with Gasteiger partial charge in [-0.2, -0.15) is 5.10 Å². The van der Waals surface area contributed by atoms with Gasteiger partial charge in [0, 0.05) is 18.5 Å². The largest absolute Gasteiger partial charge is 0.357 e. The van der Waals surface area contributed by atoms with Crippen molar-refractivity contribution in [1.82, 2.24) is 14.8 Å². The highest BCUT2D eigenvalue weighted by atomic mass is 16.2. The Kier molecular flexibility index (Phi) is 5.26. The van der Waals surface area contributed by atoms with Gasteiger partial charge in [-0.25, -0.2) is 9.67 Å². The number of nitrogens with one attached hydrogen (secondary N) is 1. The molecule has 0 fully saturated rings. The third-order valence-electron chi connectivity index (χ3n) is 4.17. The molecule has 0 unspecified atom stereocenters. The number of nitrogens with zero attached hydrogens (tertiary/aromatic N) is 4. The van der Waals surface area contributed by atoms with Crippen LogP contribution in [0.2, 0.25) is 0 Å². The number of pyridine rings is 1. The Morgan fingerprint density at radius 1 is 1.12 bits per heavy atom. The van der Waals surface area contributed by atoms with E-state index in [1.54, 1.807) is 30.6 Å². The fourth-order valence-electron chi connectivity index (χ4n) is 2.77. The Hall–Kier alpha value is -3.22. The first-order valence-corrected chi connectivity index (χ1v) is 8.58. The van der Waals surface area contributed by atoms with Gasteiger partial charge < -0.3 is 10.2 Å². The van der Waals surface area contributed by atoms with E-state index in [9.17, 15) is 9.59 Å². The lowest BCUT2D eigenvalue weighted by atomic mass is 10.2. The van der Waals surface area contributed by atoms with E-state index in [0.717, 1.165) is 29.0 Å². The minimum atomic E-state index is -0.327. The van der Waals surface area contributed by atoms with Crippen LogP contribution in [-0.4, -0.2) is 33.8 Å². The van der Waals surface area contributed by atoms with Crippen molar-refractivity contribution in [3.05, 3.63) is 59.1 Å². The Morgan fingerprint density at radius 2 is 1.88 bits per heavy atom. The molecule has 3 rings (SSSR count). The summed E-state index contributed by atoms with van der Waals surface area (Å²) in [5.74, 6) is 0.535. The molecule has 0 saturated carbocycles. The van der Waals surface area contributed by atoms with Gasteiger partial charge in [0.2, 0.25) is 5.91 Å². The van der Waals surface area contributed by atoms with E-state index >= 15 is 0 Å². The summed E-state index contributed by atoms with van der Waals surface area (Å²) in [6.07, 6.45) is 3.20. The molecule has 0 atom stereocenters. The molecule has 3 aromatic rings. The van der Waals surface area contributed by atoms with Crippen molar-refractivity contribution in [3.63, 3.8) is 0 Å². The van der Waals surface area contributed by atoms with Gasteiger partial charge in [0.15, 0.2) is 0 Å². The minimum absolute atomic E-state index is 0.151. The number of fused-ring (bicyclic) bond motifs is 1. The van der Waals surface area contributed by atoms with Gasteiger partial charge in [0.25, 0.3) is 5.56 Å². The number of carbonyl (C=O) groups is 1. The molecule has 2 heterocycles. The first kappa shape index (κ1) is 17.6. The summed E-state index contributed by atoms with van der Waals surface area (Å²) in [4.78, 5) is 31.1. The number of rotatable bonds is 6. The van der Waals surface area contributed by atoms with E-state index in [2.05, 4.69) is 34.1 Å². The summed E-state index contributed by atoms with van der Waals surface area (Å²) in [7, 11) is 0. The van der Waals surface area contributed by atoms with Crippen LogP contribution in [0.3, 0.4) is 0 Å². The molecule has 0 saturated heterocycles. The van der Waals surface area contributed by atoms with E-state index < -0.39 is 0 Å². The number of hydrogen-bond donors (Lipinski definition) is 1. The molecule has 1 amide bonds. The second-order valence-electron chi connectivity index (χ2n) is 5.82. The van der Waals surface area contributed by atoms with Gasteiger partial charge in [-0.05, 0) is 32.0 Å². The monoisotopic (exact) mass is 351 g/mol. The quantitative estimate of drug-likeness (QED) is 0.737. The third-order valence-corrected chi connectivity index (χ3v) is 4.17. The molecule has 2 aromatic heterocycles. The topological polar surface area (TPSA) is 80.1 Å². The second kappa shape index (κ2) is 7.77. The van der Waals surface area contributed by atoms with Crippen LogP contribution in [0.25, 0.3) is 10.8 Å². The number of hydrogen-bond acceptors (Lipinski definition) is 5. The van der Waals surface area contributed by atoms with E-state index in [-0.39, 0.29) is 18.0 Å². The molecular weight excluding hydrogens is 330 g/mol. The molecule has 0 spiro atoms. The highest BCUT2D eigenvalue weighted by molar-refractivity contribution is 5.90. The van der Waals surface area contributed by atoms with Crippen LogP contribution in [0, 0.1) is 0 Å². The maximum absolute atomic E-state index is 12.4. The Labute approximate surface area is 151 Å². The molecule has 0 aliphatic carbocycles. The summed E-state index contributed by atoms with van der Waals surface area (Å²) in [5.41, 5.74) is 0.299. The second-order valence-corrected chi connectivity index (χ2v) is 5.82. The standard InChI is InChI=1S/C19H21N5O2/c1-3-23(4-2)17-10-9-15(12-20-17)22-18(25)13-24-19(26)16-8-6-5-7-14(16)11-21-24/h5-12H,3-4,13H2,1-2H3,(H,22,25). The number of carbonyl (C=O) groups excluding carboxylic acids is 1. The Bertz CT molecular complexity index is 962. The highest BCUT2D eigenvalue weighted by Gasteiger charge is 2.09. The lowest BCUT2D eigenvalue weighted by Crippen LogP contribution is -2.29. The fourth-order valence-corrected chi connectivity index (χ4v) is 2.77. The Morgan fingerprint density at radius 3 is 2.58 bits per heavy atom. The number of aromatic nitrogens is 3. The van der Waals surface area contributed by atoms with Crippen molar-refractivity contribution in [2.24, 2.45) is 0 Å². The number of benzene rings is 1. The maximum Gasteiger partial charge on any atom is 0.275 e. The zero-order valence-corrected chi connectivity index (χ0v) is 14.8. The first-order chi connectivity index (χ1) is 12.6. The average Bonchev–Trinajstić information content (AvgIpc) is 2.66. The first-order valence-electron chi connectivity index (χ1n) is 8.58. The lowest BCUT2D eigenvalue weighted by Gasteiger charge is -2.19. The van der Waals surface area contributed by atoms with Crippen LogP contribution in [0.1, 0.15) is 13.8 Å². The normalized spacial score (nSPS) is 10.7. The number of anilines is 2. The highest BCUT2D eigenvalue weighted by Crippen LogP contribution is 2.14. The summed E-state index contributed by atoms with van der Waals surface area (Å²) in [6, 6.07) is 10.8. The predicted molar refractivity (Wildman–Crippen MR) is 102 cm³/mol. The van der Waals surface area contributed by atoms with Crippen molar-refractivity contribution < 1.29 is 4.79 Å². The van der Waals surface area contributed by atoms with Crippen LogP contribution in [0.4, 0.5) is 11.5 Å². The smallest absolute Gasteiger partial charge is 0.275 e. The van der Waals surface area contributed by atoms with Gasteiger partial charge in [-0.15, -0.1) is 0 Å². The average molecular weight is 351 g/mol. The van der Waals surface area contributed by atoms with Crippen LogP contribution in [-0.2, 0) is 11.3 Å². The zero-order valence-electron chi connectivity index (χ0n) is 14.8. The van der Waals surface area contributed by atoms with Crippen LogP contribution in [0.15, 0.2) is 53.6 Å². The molecule has 7 nitrogen and oxygen atoms in total. The molecular formula is C19H21N5O2. The summed E-state index contributed by atoms with van der Waals surface area (Å²) in [6.45, 7) is 5.71. The molecule has 0 bridgehead atoms. The summed E-state index contributed by atoms with van der Waals surface area (Å²) in [5, 5.41) is 8.11. The van der Waals surface area contributed by atoms with Crippen LogP contribution in [0.5, 0.6) is 0 Å². The molecule has 0 aliphatic rings. The maximum atomic E-state index is 12.4. The molecule has 134 valence electrons. The summed E-state index contributed by atoms with van der Waals surface area (Å²) < 4.78 is 1.16. The molecule has 0 radical (unpaired) electrons. The third kappa shape index (κ3) is 3.72. The molecule has 0 aliphatic heterocycles. The van der Waals surface area contributed by atoms with Gasteiger partial charge in [0.05, 0.1) is 23.5 Å². The summed E-state index contributed by atoms with van der Waals surface area (Å²) >= 11 is 0. The van der Waals surface area contributed by atoms with Crippen molar-refractivity contribution in [2.75, 3.05) is 23.3 Å². The number of amides is 1. The van der Waals surface area contributed by atoms with Crippen molar-refractivity contribution in [1.29, 1.82) is 0 Å². The van der Waals surface area contributed by atoms with E-state index in [1.807, 2.05) is 18.2 Å².